The molecule has 0 aliphatic carbocycles. The number of nitrogens with zero attached hydrogens (tertiary/aromatic N) is 3. The van der Waals surface area contributed by atoms with Gasteiger partial charge in [0.15, 0.2) is 0 Å². The van der Waals surface area contributed by atoms with E-state index in [2.05, 4.69) is 10.00 Å². The minimum Gasteiger partial charge on any atom is -0.396 e. The van der Waals surface area contributed by atoms with Crippen LogP contribution in [0.15, 0.2) is 12.4 Å². The van der Waals surface area contributed by atoms with E-state index in [1.54, 1.807) is 4.68 Å². The Morgan fingerprint density at radius 3 is 2.50 bits per heavy atom. The van der Waals surface area contributed by atoms with E-state index < -0.39 is 5.41 Å². The Kier molecular flexibility index (Phi) is 4.46. The first-order chi connectivity index (χ1) is 7.49. The summed E-state index contributed by atoms with van der Waals surface area (Å²) in [5, 5.41) is 22.5. The number of hydrogen-bond acceptors (Lipinski definition) is 4. The molecule has 0 saturated carbocycles. The Bertz CT molecular complexity index is 321. The standard InChI is InChI=1S/C11H21N3O2/c1-11(8-15,9-16)7-13(2)5-10-4-12-14(3)6-10/h4,6,15-16H,5,7-9H2,1-3H3. The van der Waals surface area contributed by atoms with E-state index in [-0.39, 0.29) is 13.2 Å². The Balaban J connectivity index is 2.50. The summed E-state index contributed by atoms with van der Waals surface area (Å²) < 4.78 is 1.76. The van der Waals surface area contributed by atoms with E-state index in [4.69, 9.17) is 0 Å². The van der Waals surface area contributed by atoms with Crippen molar-refractivity contribution in [3.63, 3.8) is 0 Å². The average Bonchev–Trinajstić information content (AvgIpc) is 2.63. The van der Waals surface area contributed by atoms with Crippen LogP contribution in [0.2, 0.25) is 0 Å². The largest absolute Gasteiger partial charge is 0.396 e. The molecule has 1 aromatic heterocycles. The summed E-state index contributed by atoms with van der Waals surface area (Å²) >= 11 is 0. The van der Waals surface area contributed by atoms with Crippen molar-refractivity contribution in [2.45, 2.75) is 13.5 Å². The molecule has 0 bridgehead atoms. The average molecular weight is 227 g/mol. The van der Waals surface area contributed by atoms with Gasteiger partial charge in [-0.25, -0.2) is 0 Å². The maximum Gasteiger partial charge on any atom is 0.0534 e. The Hall–Kier alpha value is -0.910. The molecule has 0 amide bonds. The summed E-state index contributed by atoms with van der Waals surface area (Å²) in [6.07, 6.45) is 3.79. The minimum absolute atomic E-state index is 0.0130. The van der Waals surface area contributed by atoms with E-state index in [0.29, 0.717) is 6.54 Å². The van der Waals surface area contributed by atoms with Crippen LogP contribution in [0.25, 0.3) is 0 Å². The van der Waals surface area contributed by atoms with Gasteiger partial charge in [0.1, 0.15) is 0 Å². The molecule has 1 heterocycles. The van der Waals surface area contributed by atoms with Crippen molar-refractivity contribution in [1.29, 1.82) is 0 Å². The fraction of sp³-hybridized carbons (Fsp3) is 0.727. The molecule has 0 saturated heterocycles. The maximum atomic E-state index is 9.20. The van der Waals surface area contributed by atoms with Crippen LogP contribution in [-0.2, 0) is 13.6 Å². The van der Waals surface area contributed by atoms with Crippen LogP contribution in [0.3, 0.4) is 0 Å². The predicted molar refractivity (Wildman–Crippen MR) is 61.8 cm³/mol. The molecule has 2 N–H and O–H groups in total. The third-order valence-corrected chi connectivity index (χ3v) is 2.63. The molecule has 16 heavy (non-hydrogen) atoms. The van der Waals surface area contributed by atoms with E-state index in [1.807, 2.05) is 33.4 Å². The molecule has 0 radical (unpaired) electrons. The van der Waals surface area contributed by atoms with E-state index in [1.165, 1.54) is 0 Å². The van der Waals surface area contributed by atoms with Gasteiger partial charge in [-0.2, -0.15) is 5.10 Å². The first-order valence-electron chi connectivity index (χ1n) is 5.37. The van der Waals surface area contributed by atoms with Gasteiger partial charge in [-0.3, -0.25) is 4.68 Å². The van der Waals surface area contributed by atoms with Crippen LogP contribution < -0.4 is 0 Å². The zero-order chi connectivity index (χ0) is 12.2. The second kappa shape index (κ2) is 5.43. The topological polar surface area (TPSA) is 61.5 Å². The van der Waals surface area contributed by atoms with Crippen molar-refractivity contribution >= 4 is 0 Å². The molecule has 0 fully saturated rings. The number of aliphatic hydroxyl groups excluding tert-OH is 2. The summed E-state index contributed by atoms with van der Waals surface area (Å²) in [6.45, 7) is 3.26. The second-order valence-electron chi connectivity index (χ2n) is 4.82. The fourth-order valence-corrected chi connectivity index (χ4v) is 1.72. The van der Waals surface area contributed by atoms with Gasteiger partial charge in [0.25, 0.3) is 0 Å². The lowest BCUT2D eigenvalue weighted by atomic mass is 9.92. The first kappa shape index (κ1) is 13.2. The summed E-state index contributed by atoms with van der Waals surface area (Å²) in [6, 6.07) is 0. The number of aromatic nitrogens is 2. The molecule has 1 rings (SSSR count). The van der Waals surface area contributed by atoms with Crippen LogP contribution >= 0.6 is 0 Å². The highest BCUT2D eigenvalue weighted by Crippen LogP contribution is 2.16. The van der Waals surface area contributed by atoms with Crippen LogP contribution in [0.1, 0.15) is 12.5 Å². The van der Waals surface area contributed by atoms with Crippen molar-refractivity contribution in [2.75, 3.05) is 26.8 Å². The van der Waals surface area contributed by atoms with Gasteiger partial charge in [0, 0.05) is 37.3 Å². The van der Waals surface area contributed by atoms with Crippen LogP contribution in [0.4, 0.5) is 0 Å². The molecule has 0 aliphatic rings. The number of aliphatic hydroxyl groups is 2. The van der Waals surface area contributed by atoms with Crippen LogP contribution in [0, 0.1) is 5.41 Å². The molecule has 0 aliphatic heterocycles. The van der Waals surface area contributed by atoms with Crippen molar-refractivity contribution in [2.24, 2.45) is 12.5 Å². The third kappa shape index (κ3) is 3.59. The van der Waals surface area contributed by atoms with Gasteiger partial charge < -0.3 is 15.1 Å². The molecular weight excluding hydrogens is 206 g/mol. The molecule has 0 unspecified atom stereocenters. The Morgan fingerprint density at radius 2 is 2.06 bits per heavy atom. The minimum atomic E-state index is -0.447. The van der Waals surface area contributed by atoms with Gasteiger partial charge in [-0.1, -0.05) is 6.92 Å². The normalized spacial score (nSPS) is 12.4. The van der Waals surface area contributed by atoms with Crippen molar-refractivity contribution in [3.8, 4) is 0 Å². The molecule has 0 atom stereocenters. The van der Waals surface area contributed by atoms with Crippen LogP contribution in [-0.4, -0.2) is 51.7 Å². The molecule has 5 heteroatoms. The lowest BCUT2D eigenvalue weighted by molar-refractivity contribution is 0.0402. The fourth-order valence-electron chi connectivity index (χ4n) is 1.72. The highest BCUT2D eigenvalue weighted by molar-refractivity contribution is 5.03. The summed E-state index contributed by atoms with van der Waals surface area (Å²) in [7, 11) is 3.85. The monoisotopic (exact) mass is 227 g/mol. The third-order valence-electron chi connectivity index (χ3n) is 2.63. The molecule has 5 nitrogen and oxygen atoms in total. The molecule has 0 aromatic carbocycles. The Morgan fingerprint density at radius 1 is 1.44 bits per heavy atom. The van der Waals surface area contributed by atoms with E-state index in [0.717, 1.165) is 12.1 Å². The molecule has 1 aromatic rings. The SMILES string of the molecule is CN(Cc1cnn(C)c1)CC(C)(CO)CO. The quantitative estimate of drug-likeness (QED) is 0.709. The van der Waals surface area contributed by atoms with Gasteiger partial charge in [0.2, 0.25) is 0 Å². The van der Waals surface area contributed by atoms with Crippen molar-refractivity contribution in [3.05, 3.63) is 18.0 Å². The number of hydrogen-bond donors (Lipinski definition) is 2. The van der Waals surface area contributed by atoms with Gasteiger partial charge in [-0.15, -0.1) is 0 Å². The smallest absolute Gasteiger partial charge is 0.0534 e. The molecule has 0 spiro atoms. The number of rotatable bonds is 6. The Labute approximate surface area is 96.3 Å². The molecule has 92 valence electrons. The zero-order valence-electron chi connectivity index (χ0n) is 10.2. The maximum absolute atomic E-state index is 9.20. The highest BCUT2D eigenvalue weighted by atomic mass is 16.3. The van der Waals surface area contributed by atoms with E-state index in [9.17, 15) is 10.2 Å². The van der Waals surface area contributed by atoms with Crippen molar-refractivity contribution in [1.82, 2.24) is 14.7 Å². The summed E-state index contributed by atoms with van der Waals surface area (Å²) in [5.74, 6) is 0. The molecular formula is C11H21N3O2. The second-order valence-corrected chi connectivity index (χ2v) is 4.82. The zero-order valence-corrected chi connectivity index (χ0v) is 10.2. The van der Waals surface area contributed by atoms with Gasteiger partial charge in [-0.05, 0) is 7.05 Å². The predicted octanol–water partition coefficient (Wildman–Crippen LogP) is -0.157. The van der Waals surface area contributed by atoms with E-state index >= 15 is 0 Å². The lowest BCUT2D eigenvalue weighted by Crippen LogP contribution is -2.38. The first-order valence-corrected chi connectivity index (χ1v) is 5.37. The lowest BCUT2D eigenvalue weighted by Gasteiger charge is -2.30. The number of aryl methyl sites for hydroxylation is 1. The van der Waals surface area contributed by atoms with Crippen molar-refractivity contribution < 1.29 is 10.2 Å². The van der Waals surface area contributed by atoms with Gasteiger partial charge >= 0.3 is 0 Å². The van der Waals surface area contributed by atoms with Gasteiger partial charge in [0.05, 0.1) is 19.4 Å². The van der Waals surface area contributed by atoms with Crippen LogP contribution in [0.5, 0.6) is 0 Å². The summed E-state index contributed by atoms with van der Waals surface area (Å²) in [5.41, 5.74) is 0.681. The summed E-state index contributed by atoms with van der Waals surface area (Å²) in [4.78, 5) is 2.07. The highest BCUT2D eigenvalue weighted by Gasteiger charge is 2.24.